The van der Waals surface area contributed by atoms with Gasteiger partial charge in [0.15, 0.2) is 0 Å². The Labute approximate surface area is 120 Å². The first kappa shape index (κ1) is 15.7. The third-order valence-corrected chi connectivity index (χ3v) is 3.66. The van der Waals surface area contributed by atoms with E-state index in [2.05, 4.69) is 79.1 Å². The van der Waals surface area contributed by atoms with E-state index in [1.807, 2.05) is 0 Å². The Hall–Kier alpha value is -0.380. The van der Waals surface area contributed by atoms with Gasteiger partial charge in [0, 0.05) is 23.1 Å². The predicted molar refractivity (Wildman–Crippen MR) is 82.7 cm³/mol. The minimum Gasteiger partial charge on any atom is -0.308 e. The van der Waals surface area contributed by atoms with Crippen LogP contribution in [-0.4, -0.2) is 24.0 Å². The molecule has 1 rings (SSSR count). The highest BCUT2D eigenvalue weighted by Gasteiger charge is 2.09. The number of benzene rings is 1. The number of hydrogen-bond acceptors (Lipinski definition) is 2. The molecule has 1 aromatic carbocycles. The Morgan fingerprint density at radius 2 is 1.94 bits per heavy atom. The first-order valence-electron chi connectivity index (χ1n) is 6.52. The Bertz CT molecular complexity index is 383. The van der Waals surface area contributed by atoms with Gasteiger partial charge in [-0.25, -0.2) is 0 Å². The fourth-order valence-electron chi connectivity index (χ4n) is 1.60. The summed E-state index contributed by atoms with van der Waals surface area (Å²) < 4.78 is 1.20. The summed E-state index contributed by atoms with van der Waals surface area (Å²) >= 11 is 3.67. The first-order valence-corrected chi connectivity index (χ1v) is 7.32. The fraction of sp³-hybridized carbons (Fsp3) is 0.600. The molecule has 0 saturated carbocycles. The SMILES string of the molecule is CCN(C)Cc1ccc(CNC(C)(C)C)cc1Br. The van der Waals surface area contributed by atoms with Crippen LogP contribution in [0.3, 0.4) is 0 Å². The second-order valence-corrected chi connectivity index (χ2v) is 6.71. The van der Waals surface area contributed by atoms with Gasteiger partial charge in [-0.1, -0.05) is 35.0 Å². The molecule has 0 aliphatic carbocycles. The highest BCUT2D eigenvalue weighted by molar-refractivity contribution is 9.10. The van der Waals surface area contributed by atoms with Crippen molar-refractivity contribution in [2.24, 2.45) is 0 Å². The predicted octanol–water partition coefficient (Wildman–Crippen LogP) is 3.79. The van der Waals surface area contributed by atoms with E-state index in [-0.39, 0.29) is 5.54 Å². The van der Waals surface area contributed by atoms with Crippen molar-refractivity contribution in [1.82, 2.24) is 10.2 Å². The third kappa shape index (κ3) is 5.51. The van der Waals surface area contributed by atoms with Crippen molar-refractivity contribution in [2.45, 2.75) is 46.3 Å². The molecule has 0 bridgehead atoms. The monoisotopic (exact) mass is 312 g/mol. The molecule has 0 unspecified atom stereocenters. The molecule has 0 saturated heterocycles. The van der Waals surface area contributed by atoms with Crippen molar-refractivity contribution >= 4 is 15.9 Å². The molecule has 2 nitrogen and oxygen atoms in total. The van der Waals surface area contributed by atoms with Gasteiger partial charge < -0.3 is 10.2 Å². The molecule has 0 spiro atoms. The van der Waals surface area contributed by atoms with Gasteiger partial charge in [0.1, 0.15) is 0 Å². The highest BCUT2D eigenvalue weighted by Crippen LogP contribution is 2.20. The lowest BCUT2D eigenvalue weighted by molar-refractivity contribution is 0.345. The number of halogens is 1. The van der Waals surface area contributed by atoms with Gasteiger partial charge in [-0.05, 0) is 51.6 Å². The molecule has 0 radical (unpaired) electrons. The average molecular weight is 313 g/mol. The van der Waals surface area contributed by atoms with Crippen molar-refractivity contribution < 1.29 is 0 Å². The molecule has 0 aliphatic heterocycles. The minimum atomic E-state index is 0.160. The standard InChI is InChI=1S/C15H25BrN2/c1-6-18(5)11-13-8-7-12(9-14(13)16)10-17-15(2,3)4/h7-9,17H,6,10-11H2,1-5H3. The maximum absolute atomic E-state index is 3.67. The molecular formula is C15H25BrN2. The number of hydrogen-bond donors (Lipinski definition) is 1. The highest BCUT2D eigenvalue weighted by atomic mass is 79.9. The molecule has 18 heavy (non-hydrogen) atoms. The Balaban J connectivity index is 2.67. The molecular weight excluding hydrogens is 288 g/mol. The van der Waals surface area contributed by atoms with E-state index in [0.717, 1.165) is 19.6 Å². The Morgan fingerprint density at radius 3 is 2.44 bits per heavy atom. The van der Waals surface area contributed by atoms with Crippen LogP contribution in [0, 0.1) is 0 Å². The molecule has 0 heterocycles. The van der Waals surface area contributed by atoms with E-state index in [9.17, 15) is 0 Å². The van der Waals surface area contributed by atoms with Crippen LogP contribution >= 0.6 is 15.9 Å². The van der Waals surface area contributed by atoms with Crippen LogP contribution in [0.4, 0.5) is 0 Å². The minimum absolute atomic E-state index is 0.160. The zero-order chi connectivity index (χ0) is 13.8. The summed E-state index contributed by atoms with van der Waals surface area (Å²) in [5, 5.41) is 3.51. The Kier molecular flexibility index (Phi) is 5.83. The van der Waals surface area contributed by atoms with Gasteiger partial charge in [0.05, 0.1) is 0 Å². The van der Waals surface area contributed by atoms with Gasteiger partial charge in [0.2, 0.25) is 0 Å². The van der Waals surface area contributed by atoms with E-state index in [1.165, 1.54) is 15.6 Å². The molecule has 0 atom stereocenters. The quantitative estimate of drug-likeness (QED) is 0.890. The van der Waals surface area contributed by atoms with Crippen molar-refractivity contribution in [3.8, 4) is 0 Å². The fourth-order valence-corrected chi connectivity index (χ4v) is 2.15. The van der Waals surface area contributed by atoms with Crippen LogP contribution in [0.2, 0.25) is 0 Å². The number of nitrogens with one attached hydrogen (secondary N) is 1. The van der Waals surface area contributed by atoms with Gasteiger partial charge in [-0.15, -0.1) is 0 Å². The van der Waals surface area contributed by atoms with Gasteiger partial charge in [0.25, 0.3) is 0 Å². The van der Waals surface area contributed by atoms with Crippen LogP contribution in [-0.2, 0) is 13.1 Å². The van der Waals surface area contributed by atoms with E-state index in [4.69, 9.17) is 0 Å². The molecule has 1 N–H and O–H groups in total. The van der Waals surface area contributed by atoms with E-state index in [0.29, 0.717) is 0 Å². The average Bonchev–Trinajstić information content (AvgIpc) is 2.28. The summed E-state index contributed by atoms with van der Waals surface area (Å²) in [5.74, 6) is 0. The van der Waals surface area contributed by atoms with Gasteiger partial charge >= 0.3 is 0 Å². The molecule has 3 heteroatoms. The maximum Gasteiger partial charge on any atom is 0.0241 e. The van der Waals surface area contributed by atoms with E-state index >= 15 is 0 Å². The first-order chi connectivity index (χ1) is 8.31. The number of nitrogens with zero attached hydrogens (tertiary/aromatic N) is 1. The van der Waals surface area contributed by atoms with E-state index in [1.54, 1.807) is 0 Å². The van der Waals surface area contributed by atoms with Gasteiger partial charge in [-0.3, -0.25) is 0 Å². The second kappa shape index (κ2) is 6.69. The van der Waals surface area contributed by atoms with Crippen LogP contribution in [0.5, 0.6) is 0 Å². The zero-order valence-electron chi connectivity index (χ0n) is 12.2. The summed E-state index contributed by atoms with van der Waals surface area (Å²) in [6, 6.07) is 6.65. The lowest BCUT2D eigenvalue weighted by Gasteiger charge is -2.21. The molecule has 0 aliphatic rings. The molecule has 0 aromatic heterocycles. The normalized spacial score (nSPS) is 12.2. The van der Waals surface area contributed by atoms with Crippen LogP contribution in [0.15, 0.2) is 22.7 Å². The van der Waals surface area contributed by atoms with Crippen molar-refractivity contribution in [1.29, 1.82) is 0 Å². The summed E-state index contributed by atoms with van der Waals surface area (Å²) in [6.07, 6.45) is 0. The number of rotatable bonds is 5. The summed E-state index contributed by atoms with van der Waals surface area (Å²) in [5.41, 5.74) is 2.83. The second-order valence-electron chi connectivity index (χ2n) is 5.86. The molecule has 0 fully saturated rings. The smallest absolute Gasteiger partial charge is 0.0241 e. The maximum atomic E-state index is 3.67. The topological polar surface area (TPSA) is 15.3 Å². The summed E-state index contributed by atoms with van der Waals surface area (Å²) in [4.78, 5) is 2.30. The molecule has 1 aromatic rings. The van der Waals surface area contributed by atoms with Crippen molar-refractivity contribution in [2.75, 3.05) is 13.6 Å². The lowest BCUT2D eigenvalue weighted by atomic mass is 10.1. The van der Waals surface area contributed by atoms with Crippen molar-refractivity contribution in [3.05, 3.63) is 33.8 Å². The van der Waals surface area contributed by atoms with Gasteiger partial charge in [-0.2, -0.15) is 0 Å². The molecule has 102 valence electrons. The van der Waals surface area contributed by atoms with Crippen molar-refractivity contribution in [3.63, 3.8) is 0 Å². The Morgan fingerprint density at radius 1 is 1.28 bits per heavy atom. The largest absolute Gasteiger partial charge is 0.308 e. The molecule has 0 amide bonds. The summed E-state index contributed by atoms with van der Waals surface area (Å²) in [6.45, 7) is 11.7. The lowest BCUT2D eigenvalue weighted by Crippen LogP contribution is -2.35. The zero-order valence-corrected chi connectivity index (χ0v) is 13.8. The van der Waals surface area contributed by atoms with E-state index < -0.39 is 0 Å². The van der Waals surface area contributed by atoms with Crippen LogP contribution < -0.4 is 5.32 Å². The van der Waals surface area contributed by atoms with Crippen LogP contribution in [0.1, 0.15) is 38.8 Å². The summed E-state index contributed by atoms with van der Waals surface area (Å²) in [7, 11) is 2.14. The van der Waals surface area contributed by atoms with Crippen LogP contribution in [0.25, 0.3) is 0 Å². The third-order valence-electron chi connectivity index (χ3n) is 2.92.